The number of halogens is 1. The number of nitrogens with zero attached hydrogens (tertiary/aromatic N) is 1. The van der Waals surface area contributed by atoms with Gasteiger partial charge in [-0.2, -0.15) is 11.3 Å². The summed E-state index contributed by atoms with van der Waals surface area (Å²) in [5.74, 6) is 5.02. The van der Waals surface area contributed by atoms with Gasteiger partial charge in [-0.05, 0) is 85.2 Å². The number of hydrogen-bond donors (Lipinski definition) is 0. The summed E-state index contributed by atoms with van der Waals surface area (Å²) < 4.78 is 25.1. The number of benzene rings is 3. The molecule has 1 aromatic heterocycles. The quantitative estimate of drug-likeness (QED) is 0.241. The number of likely N-dealkylation sites (tertiary alicyclic amines) is 1. The lowest BCUT2D eigenvalue weighted by atomic mass is 9.99. The van der Waals surface area contributed by atoms with E-state index in [9.17, 15) is 4.53 Å². The second kappa shape index (κ2) is 10.8. The Balaban J connectivity index is 1.39. The fourth-order valence-electron chi connectivity index (χ4n) is 4.46. The Bertz CT molecular complexity index is 1340. The summed E-state index contributed by atoms with van der Waals surface area (Å²) in [5.41, 5.74) is 2.61. The number of fused-ring (bicyclic) bond motifs is 1. The number of hydrogen-bond acceptors (Lipinski definition) is 5. The Morgan fingerprint density at radius 3 is 2.43 bits per heavy atom. The molecule has 4 aromatic rings. The lowest BCUT2D eigenvalue weighted by Crippen LogP contribution is -2.33. The minimum absolute atomic E-state index is 0.141. The molecule has 5 rings (SSSR count). The van der Waals surface area contributed by atoms with Gasteiger partial charge in [-0.3, -0.25) is 9.84 Å². The minimum atomic E-state index is 0.141. The van der Waals surface area contributed by atoms with Crippen molar-refractivity contribution in [1.82, 2.24) is 4.90 Å². The zero-order valence-electron chi connectivity index (χ0n) is 19.3. The summed E-state index contributed by atoms with van der Waals surface area (Å²) in [6.45, 7) is 3.93. The first-order valence-electron chi connectivity index (χ1n) is 11.8. The van der Waals surface area contributed by atoms with Gasteiger partial charge >= 0.3 is 0 Å². The van der Waals surface area contributed by atoms with Crippen LogP contribution in [0.25, 0.3) is 21.9 Å². The average molecular weight is 488 g/mol. The predicted molar refractivity (Wildman–Crippen MR) is 139 cm³/mol. The highest BCUT2D eigenvalue weighted by molar-refractivity contribution is 7.08. The van der Waals surface area contributed by atoms with Gasteiger partial charge in [0.25, 0.3) is 0 Å². The third-order valence-electron chi connectivity index (χ3n) is 6.31. The molecule has 0 N–H and O–H groups in total. The lowest BCUT2D eigenvalue weighted by molar-refractivity contribution is -0.00603. The highest BCUT2D eigenvalue weighted by Gasteiger charge is 2.16. The molecule has 0 amide bonds. The van der Waals surface area contributed by atoms with Crippen molar-refractivity contribution in [1.29, 1.82) is 0 Å². The monoisotopic (exact) mass is 487 g/mol. The Morgan fingerprint density at radius 2 is 1.66 bits per heavy atom. The van der Waals surface area contributed by atoms with Crippen LogP contribution in [0, 0.1) is 12.3 Å². The molecule has 0 bridgehead atoms. The van der Waals surface area contributed by atoms with Crippen LogP contribution in [-0.4, -0.2) is 31.1 Å². The number of terminal acetylenes is 1. The SMILES string of the molecule is C#Cc1cscc1-c1ccc2cc(OF)ccc2c1Oc1ccc(OCCN2CCCCC2)cc1. The number of piperidine rings is 1. The van der Waals surface area contributed by atoms with Crippen LogP contribution >= 0.6 is 11.3 Å². The normalized spacial score (nSPS) is 13.9. The molecule has 0 spiro atoms. The molecule has 1 aliphatic rings. The second-order valence-corrected chi connectivity index (χ2v) is 9.31. The topological polar surface area (TPSA) is 30.9 Å². The molecular formula is C29H26FNO3S. The fraction of sp³-hybridized carbons (Fsp3) is 0.241. The largest absolute Gasteiger partial charge is 0.492 e. The Morgan fingerprint density at radius 1 is 0.886 bits per heavy atom. The van der Waals surface area contributed by atoms with Gasteiger partial charge in [0.1, 0.15) is 23.9 Å². The zero-order chi connectivity index (χ0) is 24.0. The fourth-order valence-corrected chi connectivity index (χ4v) is 5.25. The maximum Gasteiger partial charge on any atom is 0.172 e. The summed E-state index contributed by atoms with van der Waals surface area (Å²) in [7, 11) is 0. The maximum absolute atomic E-state index is 12.8. The van der Waals surface area contributed by atoms with Crippen LogP contribution in [0.3, 0.4) is 0 Å². The van der Waals surface area contributed by atoms with Crippen LogP contribution in [0.2, 0.25) is 0 Å². The van der Waals surface area contributed by atoms with Crippen molar-refractivity contribution in [2.24, 2.45) is 0 Å². The molecule has 1 saturated heterocycles. The molecular weight excluding hydrogens is 461 g/mol. The number of ether oxygens (including phenoxy) is 2. The van der Waals surface area contributed by atoms with E-state index in [1.807, 2.05) is 47.2 Å². The van der Waals surface area contributed by atoms with Gasteiger partial charge in [0, 0.05) is 38.5 Å². The number of thiophene rings is 1. The van der Waals surface area contributed by atoms with E-state index in [0.29, 0.717) is 18.1 Å². The first kappa shape index (κ1) is 23.2. The van der Waals surface area contributed by atoms with Gasteiger partial charge in [-0.15, -0.1) is 6.42 Å². The van der Waals surface area contributed by atoms with E-state index in [1.54, 1.807) is 29.5 Å². The van der Waals surface area contributed by atoms with Crippen LogP contribution < -0.4 is 14.4 Å². The van der Waals surface area contributed by atoms with Crippen molar-refractivity contribution in [3.05, 3.63) is 70.9 Å². The van der Waals surface area contributed by atoms with Gasteiger partial charge in [-0.1, -0.05) is 18.4 Å². The van der Waals surface area contributed by atoms with Gasteiger partial charge in [0.2, 0.25) is 0 Å². The van der Waals surface area contributed by atoms with E-state index in [1.165, 1.54) is 19.3 Å². The van der Waals surface area contributed by atoms with Crippen molar-refractivity contribution in [2.45, 2.75) is 19.3 Å². The zero-order valence-corrected chi connectivity index (χ0v) is 20.2. The smallest absolute Gasteiger partial charge is 0.172 e. The van der Waals surface area contributed by atoms with Crippen LogP contribution in [0.15, 0.2) is 65.4 Å². The van der Waals surface area contributed by atoms with Crippen molar-refractivity contribution >= 4 is 22.1 Å². The summed E-state index contributed by atoms with van der Waals surface area (Å²) in [5, 5.41) is 5.59. The molecule has 0 radical (unpaired) electrons. The van der Waals surface area contributed by atoms with Gasteiger partial charge in [0.05, 0.1) is 0 Å². The molecule has 0 aliphatic carbocycles. The first-order chi connectivity index (χ1) is 17.2. The van der Waals surface area contributed by atoms with Gasteiger partial charge in [0.15, 0.2) is 5.75 Å². The average Bonchev–Trinajstić information content (AvgIpc) is 3.39. The molecule has 2 heterocycles. The van der Waals surface area contributed by atoms with Crippen LogP contribution in [0.4, 0.5) is 4.53 Å². The van der Waals surface area contributed by atoms with E-state index in [2.05, 4.69) is 15.8 Å². The van der Waals surface area contributed by atoms with Gasteiger partial charge < -0.3 is 9.47 Å². The molecule has 1 aliphatic heterocycles. The van der Waals surface area contributed by atoms with Crippen molar-refractivity contribution in [3.63, 3.8) is 0 Å². The summed E-state index contributed by atoms with van der Waals surface area (Å²) in [4.78, 5) is 6.38. The van der Waals surface area contributed by atoms with E-state index < -0.39 is 0 Å². The Labute approximate surface area is 208 Å². The summed E-state index contributed by atoms with van der Waals surface area (Å²) >= 11 is 1.54. The molecule has 4 nitrogen and oxygen atoms in total. The van der Waals surface area contributed by atoms with Crippen LogP contribution in [0.5, 0.6) is 23.0 Å². The van der Waals surface area contributed by atoms with E-state index >= 15 is 0 Å². The second-order valence-electron chi connectivity index (χ2n) is 8.57. The molecule has 0 saturated carbocycles. The Hall–Kier alpha value is -3.53. The number of rotatable bonds is 8. The highest BCUT2D eigenvalue weighted by Crippen LogP contribution is 2.42. The van der Waals surface area contributed by atoms with Gasteiger partial charge in [-0.25, -0.2) is 0 Å². The maximum atomic E-state index is 12.8. The highest BCUT2D eigenvalue weighted by atomic mass is 32.1. The first-order valence-corrected chi connectivity index (χ1v) is 12.7. The molecule has 1 fully saturated rings. The lowest BCUT2D eigenvalue weighted by Gasteiger charge is -2.26. The van der Waals surface area contributed by atoms with Crippen LogP contribution in [-0.2, 0) is 0 Å². The Kier molecular flexibility index (Phi) is 7.17. The minimum Gasteiger partial charge on any atom is -0.492 e. The molecule has 35 heavy (non-hydrogen) atoms. The molecule has 3 aromatic carbocycles. The molecule has 0 atom stereocenters. The predicted octanol–water partition coefficient (Wildman–Crippen LogP) is 7.47. The van der Waals surface area contributed by atoms with Crippen molar-refractivity contribution < 1.29 is 18.9 Å². The van der Waals surface area contributed by atoms with Crippen molar-refractivity contribution in [2.75, 3.05) is 26.2 Å². The van der Waals surface area contributed by atoms with E-state index in [-0.39, 0.29) is 5.75 Å². The summed E-state index contributed by atoms with van der Waals surface area (Å²) in [6, 6.07) is 16.5. The third-order valence-corrected chi connectivity index (χ3v) is 7.05. The standard InChI is InChI=1S/C29H26FNO3S/c1-2-21-19-35-20-28(21)27-12-6-22-18-25(34-30)11-13-26(22)29(27)33-24-9-7-23(8-10-24)32-17-16-31-14-4-3-5-15-31/h1,6-13,18-20H,3-5,14-17H2. The molecule has 0 unspecified atom stereocenters. The van der Waals surface area contributed by atoms with Crippen molar-refractivity contribution in [3.8, 4) is 46.5 Å². The van der Waals surface area contributed by atoms with E-state index in [4.69, 9.17) is 15.9 Å². The molecule has 6 heteroatoms. The summed E-state index contributed by atoms with van der Waals surface area (Å²) in [6.07, 6.45) is 9.61. The third kappa shape index (κ3) is 5.27. The van der Waals surface area contributed by atoms with E-state index in [0.717, 1.165) is 52.8 Å². The van der Waals surface area contributed by atoms with Crippen LogP contribution in [0.1, 0.15) is 24.8 Å². The molecule has 178 valence electrons.